The van der Waals surface area contributed by atoms with Gasteiger partial charge in [0.2, 0.25) is 11.8 Å². The summed E-state index contributed by atoms with van der Waals surface area (Å²) >= 11 is 0. The zero-order valence-corrected chi connectivity index (χ0v) is 13.6. The summed E-state index contributed by atoms with van der Waals surface area (Å²) < 4.78 is 0. The molecule has 0 spiro atoms. The number of carbonyl (C=O) groups excluding carboxylic acids is 2. The lowest BCUT2D eigenvalue weighted by Gasteiger charge is -2.24. The lowest BCUT2D eigenvalue weighted by Crippen LogP contribution is -2.43. The standard InChI is InChI=1S/C15H31N3O2/c1-6-18(10-14(19)17-12(4)5)15(20)8-13(9-16)7-11(2)3/h11-13H,6-10,16H2,1-5H3,(H,17,19). The van der Waals surface area contributed by atoms with Gasteiger partial charge in [0.15, 0.2) is 0 Å². The number of rotatable bonds is 9. The number of nitrogens with one attached hydrogen (secondary N) is 1. The number of amides is 2. The van der Waals surface area contributed by atoms with Gasteiger partial charge in [0.1, 0.15) is 0 Å². The summed E-state index contributed by atoms with van der Waals surface area (Å²) in [7, 11) is 0. The highest BCUT2D eigenvalue weighted by molar-refractivity contribution is 5.85. The molecule has 0 rings (SSSR count). The van der Waals surface area contributed by atoms with Crippen molar-refractivity contribution in [1.82, 2.24) is 10.2 Å². The molecule has 0 radical (unpaired) electrons. The summed E-state index contributed by atoms with van der Waals surface area (Å²) in [6.45, 7) is 11.1. The van der Waals surface area contributed by atoms with Gasteiger partial charge in [-0.3, -0.25) is 9.59 Å². The fourth-order valence-electron chi connectivity index (χ4n) is 2.22. The smallest absolute Gasteiger partial charge is 0.239 e. The van der Waals surface area contributed by atoms with Gasteiger partial charge in [0, 0.05) is 19.0 Å². The van der Waals surface area contributed by atoms with Crippen LogP contribution in [0.3, 0.4) is 0 Å². The Morgan fingerprint density at radius 1 is 1.20 bits per heavy atom. The molecular weight excluding hydrogens is 254 g/mol. The topological polar surface area (TPSA) is 75.4 Å². The normalized spacial score (nSPS) is 12.6. The van der Waals surface area contributed by atoms with Crippen LogP contribution in [0, 0.1) is 11.8 Å². The van der Waals surface area contributed by atoms with Crippen LogP contribution in [-0.2, 0) is 9.59 Å². The van der Waals surface area contributed by atoms with E-state index in [2.05, 4.69) is 19.2 Å². The van der Waals surface area contributed by atoms with Crippen molar-refractivity contribution in [2.24, 2.45) is 17.6 Å². The third-order valence-corrected chi connectivity index (χ3v) is 3.12. The number of hydrogen-bond donors (Lipinski definition) is 2. The maximum atomic E-state index is 12.2. The Kier molecular flexibility index (Phi) is 9.21. The molecule has 1 atom stereocenters. The van der Waals surface area contributed by atoms with Crippen molar-refractivity contribution in [2.45, 2.75) is 53.5 Å². The Morgan fingerprint density at radius 2 is 1.80 bits per heavy atom. The van der Waals surface area contributed by atoms with Gasteiger partial charge in [-0.25, -0.2) is 0 Å². The molecule has 118 valence electrons. The number of carbonyl (C=O) groups is 2. The first kappa shape index (κ1) is 18.9. The third kappa shape index (κ3) is 8.15. The van der Waals surface area contributed by atoms with Gasteiger partial charge in [-0.15, -0.1) is 0 Å². The summed E-state index contributed by atoms with van der Waals surface area (Å²) in [5.74, 6) is 0.631. The molecule has 0 aliphatic heterocycles. The molecule has 20 heavy (non-hydrogen) atoms. The van der Waals surface area contributed by atoms with Gasteiger partial charge in [-0.1, -0.05) is 13.8 Å². The molecule has 1 unspecified atom stereocenters. The van der Waals surface area contributed by atoms with Crippen LogP contribution in [0.15, 0.2) is 0 Å². The van der Waals surface area contributed by atoms with E-state index in [0.717, 1.165) is 6.42 Å². The van der Waals surface area contributed by atoms with Gasteiger partial charge < -0.3 is 16.0 Å². The molecular formula is C15H31N3O2. The number of likely N-dealkylation sites (N-methyl/N-ethyl adjacent to an activating group) is 1. The molecule has 0 aliphatic carbocycles. The van der Waals surface area contributed by atoms with E-state index in [1.807, 2.05) is 20.8 Å². The second-order valence-electron chi connectivity index (χ2n) is 6.07. The molecule has 5 heteroatoms. The van der Waals surface area contributed by atoms with Crippen molar-refractivity contribution in [3.63, 3.8) is 0 Å². The molecule has 0 aromatic carbocycles. The molecule has 5 nitrogen and oxygen atoms in total. The van der Waals surface area contributed by atoms with E-state index in [1.165, 1.54) is 0 Å². The Balaban J connectivity index is 4.42. The van der Waals surface area contributed by atoms with Crippen molar-refractivity contribution in [3.05, 3.63) is 0 Å². The van der Waals surface area contributed by atoms with Crippen molar-refractivity contribution in [1.29, 1.82) is 0 Å². The second-order valence-corrected chi connectivity index (χ2v) is 6.07. The third-order valence-electron chi connectivity index (χ3n) is 3.12. The number of nitrogens with zero attached hydrogens (tertiary/aromatic N) is 1. The van der Waals surface area contributed by atoms with Crippen molar-refractivity contribution in [3.8, 4) is 0 Å². The Bertz CT molecular complexity index is 303. The fraction of sp³-hybridized carbons (Fsp3) is 0.867. The minimum atomic E-state index is -0.108. The highest BCUT2D eigenvalue weighted by Gasteiger charge is 2.20. The minimum absolute atomic E-state index is 0.0162. The van der Waals surface area contributed by atoms with Gasteiger partial charge >= 0.3 is 0 Å². The molecule has 0 bridgehead atoms. The predicted molar refractivity (Wildman–Crippen MR) is 82.1 cm³/mol. The van der Waals surface area contributed by atoms with E-state index < -0.39 is 0 Å². The molecule has 0 aromatic heterocycles. The van der Waals surface area contributed by atoms with Crippen LogP contribution in [0.4, 0.5) is 0 Å². The highest BCUT2D eigenvalue weighted by Crippen LogP contribution is 2.15. The number of hydrogen-bond acceptors (Lipinski definition) is 3. The zero-order valence-electron chi connectivity index (χ0n) is 13.6. The molecule has 3 N–H and O–H groups in total. The van der Waals surface area contributed by atoms with Crippen molar-refractivity contribution >= 4 is 11.8 Å². The maximum absolute atomic E-state index is 12.2. The SMILES string of the molecule is CCN(CC(=O)NC(C)C)C(=O)CC(CN)CC(C)C. The average Bonchev–Trinajstić information content (AvgIpc) is 2.33. The molecule has 0 heterocycles. The van der Waals surface area contributed by atoms with Crippen molar-refractivity contribution in [2.75, 3.05) is 19.6 Å². The van der Waals surface area contributed by atoms with E-state index in [9.17, 15) is 9.59 Å². The van der Waals surface area contributed by atoms with Crippen LogP contribution in [0.5, 0.6) is 0 Å². The van der Waals surface area contributed by atoms with E-state index in [0.29, 0.717) is 25.4 Å². The summed E-state index contributed by atoms with van der Waals surface area (Å²) in [6, 6.07) is 0.0917. The minimum Gasteiger partial charge on any atom is -0.352 e. The molecule has 2 amide bonds. The monoisotopic (exact) mass is 285 g/mol. The Hall–Kier alpha value is -1.10. The van der Waals surface area contributed by atoms with E-state index in [-0.39, 0.29) is 30.3 Å². The van der Waals surface area contributed by atoms with E-state index >= 15 is 0 Å². The van der Waals surface area contributed by atoms with Gasteiger partial charge in [-0.05, 0) is 45.6 Å². The Labute approximate surface area is 123 Å². The lowest BCUT2D eigenvalue weighted by molar-refractivity contribution is -0.136. The first-order valence-corrected chi connectivity index (χ1v) is 7.57. The summed E-state index contributed by atoms with van der Waals surface area (Å²) in [6.07, 6.45) is 1.37. The zero-order chi connectivity index (χ0) is 15.7. The van der Waals surface area contributed by atoms with Crippen LogP contribution in [0.1, 0.15) is 47.5 Å². The van der Waals surface area contributed by atoms with Gasteiger partial charge in [0.25, 0.3) is 0 Å². The molecule has 0 aliphatic rings. The molecule has 0 saturated heterocycles. The molecule has 0 aromatic rings. The van der Waals surface area contributed by atoms with Crippen LogP contribution in [0.25, 0.3) is 0 Å². The summed E-state index contributed by atoms with van der Waals surface area (Å²) in [5, 5.41) is 2.80. The lowest BCUT2D eigenvalue weighted by atomic mass is 9.94. The van der Waals surface area contributed by atoms with E-state index in [4.69, 9.17) is 5.73 Å². The summed E-state index contributed by atoms with van der Waals surface area (Å²) in [5.41, 5.74) is 5.73. The van der Waals surface area contributed by atoms with E-state index in [1.54, 1.807) is 4.90 Å². The van der Waals surface area contributed by atoms with Crippen LogP contribution >= 0.6 is 0 Å². The first-order valence-electron chi connectivity index (χ1n) is 7.57. The summed E-state index contributed by atoms with van der Waals surface area (Å²) in [4.78, 5) is 25.6. The highest BCUT2D eigenvalue weighted by atomic mass is 16.2. The second kappa shape index (κ2) is 9.75. The Morgan fingerprint density at radius 3 is 2.20 bits per heavy atom. The van der Waals surface area contributed by atoms with Gasteiger partial charge in [-0.2, -0.15) is 0 Å². The largest absolute Gasteiger partial charge is 0.352 e. The predicted octanol–water partition coefficient (Wildman–Crippen LogP) is 1.37. The van der Waals surface area contributed by atoms with Gasteiger partial charge in [0.05, 0.1) is 6.54 Å². The van der Waals surface area contributed by atoms with Crippen LogP contribution in [-0.4, -0.2) is 42.4 Å². The first-order chi connectivity index (χ1) is 9.29. The quantitative estimate of drug-likeness (QED) is 0.672. The average molecular weight is 285 g/mol. The number of nitrogens with two attached hydrogens (primary N) is 1. The van der Waals surface area contributed by atoms with Crippen LogP contribution < -0.4 is 11.1 Å². The molecule has 0 saturated carbocycles. The molecule has 0 fully saturated rings. The fourth-order valence-corrected chi connectivity index (χ4v) is 2.22. The van der Waals surface area contributed by atoms with Crippen LogP contribution in [0.2, 0.25) is 0 Å². The maximum Gasteiger partial charge on any atom is 0.239 e. The van der Waals surface area contributed by atoms with Crippen molar-refractivity contribution < 1.29 is 9.59 Å².